The van der Waals surface area contributed by atoms with Crippen LogP contribution in [0.25, 0.3) is 5.82 Å². The summed E-state index contributed by atoms with van der Waals surface area (Å²) in [6, 6.07) is 2.55. The molecule has 0 aromatic carbocycles. The third-order valence-corrected chi connectivity index (χ3v) is 4.93. The minimum atomic E-state index is -4.60. The predicted molar refractivity (Wildman–Crippen MR) is 87.7 cm³/mol. The highest BCUT2D eigenvalue weighted by Gasteiger charge is 2.39. The number of aromatic nitrogens is 3. The van der Waals surface area contributed by atoms with E-state index in [4.69, 9.17) is 0 Å². The largest absolute Gasteiger partial charge is 0.435 e. The molecule has 2 aromatic rings. The van der Waals surface area contributed by atoms with Gasteiger partial charge >= 0.3 is 6.18 Å². The van der Waals surface area contributed by atoms with Crippen molar-refractivity contribution in [2.75, 3.05) is 18.2 Å². The van der Waals surface area contributed by atoms with Crippen molar-refractivity contribution in [3.05, 3.63) is 29.6 Å². The third kappa shape index (κ3) is 3.78. The predicted octanol–water partition coefficient (Wildman–Crippen LogP) is 2.84. The Morgan fingerprint density at radius 3 is 2.24 bits per heavy atom. The minimum absolute atomic E-state index is 0.0160. The molecule has 138 valence electrons. The Kier molecular flexibility index (Phi) is 4.86. The van der Waals surface area contributed by atoms with E-state index in [0.717, 1.165) is 17.1 Å². The normalized spacial score (nSPS) is 12.7. The molecule has 0 atom stereocenters. The average Bonchev–Trinajstić information content (AvgIpc) is 2.83. The first kappa shape index (κ1) is 19.2. The summed E-state index contributed by atoms with van der Waals surface area (Å²) in [7, 11) is -1.79. The summed E-state index contributed by atoms with van der Waals surface area (Å²) in [5, 5.41) is 3.68. The van der Waals surface area contributed by atoms with Crippen LogP contribution in [0.15, 0.2) is 23.2 Å². The van der Waals surface area contributed by atoms with Gasteiger partial charge in [-0.1, -0.05) is 0 Å². The second kappa shape index (κ2) is 6.32. The van der Waals surface area contributed by atoms with E-state index in [9.17, 15) is 21.6 Å². The molecule has 2 rings (SSSR count). The minimum Gasteiger partial charge on any atom is -0.357 e. The second-order valence-electron chi connectivity index (χ2n) is 6.04. The number of pyridine rings is 1. The number of hydrogen-bond donors (Lipinski definition) is 0. The van der Waals surface area contributed by atoms with Crippen LogP contribution in [0.1, 0.15) is 25.1 Å². The van der Waals surface area contributed by atoms with Crippen LogP contribution in [0.5, 0.6) is 0 Å². The van der Waals surface area contributed by atoms with Crippen LogP contribution in [0, 0.1) is 6.92 Å². The zero-order valence-electron chi connectivity index (χ0n) is 14.5. The zero-order valence-corrected chi connectivity index (χ0v) is 15.3. The van der Waals surface area contributed by atoms with E-state index in [1.807, 2.05) is 13.8 Å². The Hall–Kier alpha value is -2.10. The van der Waals surface area contributed by atoms with Gasteiger partial charge in [-0.15, -0.1) is 0 Å². The van der Waals surface area contributed by atoms with E-state index in [-0.39, 0.29) is 28.1 Å². The lowest BCUT2D eigenvalue weighted by Gasteiger charge is -2.25. The molecule has 0 saturated carbocycles. The molecule has 0 aliphatic rings. The van der Waals surface area contributed by atoms with Gasteiger partial charge in [-0.05, 0) is 32.9 Å². The molecule has 0 fully saturated rings. The van der Waals surface area contributed by atoms with E-state index in [1.165, 1.54) is 19.1 Å². The maximum absolute atomic E-state index is 13.2. The first-order valence-corrected chi connectivity index (χ1v) is 9.29. The van der Waals surface area contributed by atoms with Gasteiger partial charge in [-0.25, -0.2) is 13.4 Å². The summed E-state index contributed by atoms with van der Waals surface area (Å²) in [6.45, 7) is 5.03. The van der Waals surface area contributed by atoms with E-state index < -0.39 is 21.7 Å². The highest BCUT2D eigenvalue weighted by atomic mass is 32.2. The smallest absolute Gasteiger partial charge is 0.357 e. The fourth-order valence-corrected chi connectivity index (χ4v) is 2.85. The Morgan fingerprint density at radius 2 is 1.84 bits per heavy atom. The van der Waals surface area contributed by atoms with Gasteiger partial charge in [-0.3, -0.25) is 0 Å². The van der Waals surface area contributed by atoms with Gasteiger partial charge in [0.2, 0.25) is 0 Å². The summed E-state index contributed by atoms with van der Waals surface area (Å²) < 4.78 is 63.9. The van der Waals surface area contributed by atoms with Crippen molar-refractivity contribution >= 4 is 15.7 Å². The van der Waals surface area contributed by atoms with E-state index >= 15 is 0 Å². The van der Waals surface area contributed by atoms with E-state index in [1.54, 1.807) is 11.9 Å². The lowest BCUT2D eigenvalue weighted by Crippen LogP contribution is -2.28. The van der Waals surface area contributed by atoms with Crippen LogP contribution in [0.4, 0.5) is 19.0 Å². The lowest BCUT2D eigenvalue weighted by molar-refractivity contribution is -0.141. The van der Waals surface area contributed by atoms with Crippen molar-refractivity contribution in [2.45, 2.75) is 37.9 Å². The molecule has 0 aliphatic heterocycles. The second-order valence-corrected chi connectivity index (χ2v) is 8.05. The Balaban J connectivity index is 2.67. The SMILES string of the molecule is Cc1c(C(F)(F)F)nn(-c2ccc(S(C)(=O)=O)cn2)c1N(C)C(C)C. The fraction of sp³-hybridized carbons (Fsp3) is 0.467. The number of alkyl halides is 3. The van der Waals surface area contributed by atoms with Gasteiger partial charge in [-0.2, -0.15) is 23.0 Å². The molecule has 0 amide bonds. The maximum atomic E-state index is 13.2. The molecule has 0 radical (unpaired) electrons. The molecular formula is C15H19F3N4O2S. The van der Waals surface area contributed by atoms with Crippen molar-refractivity contribution in [3.8, 4) is 5.82 Å². The molecule has 0 saturated heterocycles. The number of hydrogen-bond acceptors (Lipinski definition) is 5. The molecular weight excluding hydrogens is 357 g/mol. The Morgan fingerprint density at radius 1 is 1.24 bits per heavy atom. The van der Waals surface area contributed by atoms with Crippen molar-refractivity contribution in [2.24, 2.45) is 0 Å². The number of sulfone groups is 1. The van der Waals surface area contributed by atoms with Crippen molar-refractivity contribution < 1.29 is 21.6 Å². The molecule has 0 unspecified atom stereocenters. The molecule has 0 N–H and O–H groups in total. The van der Waals surface area contributed by atoms with Gasteiger partial charge in [0.15, 0.2) is 21.3 Å². The van der Waals surface area contributed by atoms with Crippen molar-refractivity contribution in [3.63, 3.8) is 0 Å². The fourth-order valence-electron chi connectivity index (χ4n) is 2.29. The highest BCUT2D eigenvalue weighted by Crippen LogP contribution is 2.36. The molecule has 0 spiro atoms. The van der Waals surface area contributed by atoms with Gasteiger partial charge < -0.3 is 4.90 Å². The van der Waals surface area contributed by atoms with Gasteiger partial charge in [0.1, 0.15) is 5.82 Å². The van der Waals surface area contributed by atoms with Gasteiger partial charge in [0.25, 0.3) is 0 Å². The standard InChI is InChI=1S/C15H19F3N4O2S/c1-9(2)21(4)14-10(3)13(15(16,17)18)20-22(14)12-7-6-11(8-19-12)25(5,23)24/h6-9H,1-5H3. The number of halogens is 3. The molecule has 6 nitrogen and oxygen atoms in total. The summed E-state index contributed by atoms with van der Waals surface area (Å²) >= 11 is 0. The molecule has 25 heavy (non-hydrogen) atoms. The number of anilines is 1. The Labute approximate surface area is 144 Å². The van der Waals surface area contributed by atoms with Crippen molar-refractivity contribution in [1.82, 2.24) is 14.8 Å². The van der Waals surface area contributed by atoms with Crippen LogP contribution in [0.2, 0.25) is 0 Å². The van der Waals surface area contributed by atoms with Crippen LogP contribution in [-0.2, 0) is 16.0 Å². The molecule has 2 aromatic heterocycles. The maximum Gasteiger partial charge on any atom is 0.435 e. The topological polar surface area (TPSA) is 68.1 Å². The molecule has 2 heterocycles. The first-order chi connectivity index (χ1) is 11.3. The summed E-state index contributed by atoms with van der Waals surface area (Å²) in [4.78, 5) is 5.62. The van der Waals surface area contributed by atoms with E-state index in [2.05, 4.69) is 10.1 Å². The zero-order chi connectivity index (χ0) is 19.2. The summed E-state index contributed by atoms with van der Waals surface area (Å²) in [6.07, 6.45) is -2.47. The number of nitrogens with zero attached hydrogens (tertiary/aromatic N) is 4. The summed E-state index contributed by atoms with van der Waals surface area (Å²) in [5.74, 6) is 0.357. The quantitative estimate of drug-likeness (QED) is 0.821. The molecule has 10 heteroatoms. The van der Waals surface area contributed by atoms with Crippen LogP contribution in [-0.4, -0.2) is 42.5 Å². The summed E-state index contributed by atoms with van der Waals surface area (Å²) in [5.41, 5.74) is -1.01. The molecule has 0 bridgehead atoms. The monoisotopic (exact) mass is 376 g/mol. The average molecular weight is 376 g/mol. The number of rotatable bonds is 4. The van der Waals surface area contributed by atoms with E-state index in [0.29, 0.717) is 0 Å². The van der Waals surface area contributed by atoms with Gasteiger partial charge in [0.05, 0.1) is 4.90 Å². The van der Waals surface area contributed by atoms with Crippen LogP contribution >= 0.6 is 0 Å². The first-order valence-electron chi connectivity index (χ1n) is 7.40. The van der Waals surface area contributed by atoms with Crippen molar-refractivity contribution in [1.29, 1.82) is 0 Å². The molecule has 0 aliphatic carbocycles. The highest BCUT2D eigenvalue weighted by molar-refractivity contribution is 7.90. The third-order valence-electron chi connectivity index (χ3n) is 3.83. The van der Waals surface area contributed by atoms with Crippen LogP contribution in [0.3, 0.4) is 0 Å². The van der Waals surface area contributed by atoms with Gasteiger partial charge in [0, 0.05) is 31.1 Å². The lowest BCUT2D eigenvalue weighted by atomic mass is 10.2. The Bertz CT molecular complexity index is 871. The van der Waals surface area contributed by atoms with Crippen LogP contribution < -0.4 is 4.90 Å².